The van der Waals surface area contributed by atoms with Crippen LogP contribution in [0.5, 0.6) is 0 Å². The average molecular weight is 443 g/mol. The van der Waals surface area contributed by atoms with Crippen molar-refractivity contribution in [1.82, 2.24) is 4.31 Å². The largest absolute Gasteiger partial charge is 0.325 e. The number of sulfonamides is 1. The highest BCUT2D eigenvalue weighted by molar-refractivity contribution is 7.89. The van der Waals surface area contributed by atoms with Gasteiger partial charge in [0.15, 0.2) is 0 Å². The van der Waals surface area contributed by atoms with Gasteiger partial charge in [-0.05, 0) is 47.9 Å². The smallest absolute Gasteiger partial charge is 0.243 e. The SMILES string of the molecule is CCc1ccccc1NC(=O)CN(Cc1ccccc1)S(=O)(=O)c1ccc(Cl)cc1. The fourth-order valence-corrected chi connectivity index (χ4v) is 4.58. The molecule has 5 nitrogen and oxygen atoms in total. The Balaban J connectivity index is 1.87. The molecule has 0 aliphatic rings. The molecule has 30 heavy (non-hydrogen) atoms. The molecule has 3 rings (SSSR count). The van der Waals surface area contributed by atoms with E-state index in [-0.39, 0.29) is 18.0 Å². The van der Waals surface area contributed by atoms with E-state index in [1.54, 1.807) is 0 Å². The van der Waals surface area contributed by atoms with Crippen LogP contribution < -0.4 is 5.32 Å². The maximum absolute atomic E-state index is 13.3. The van der Waals surface area contributed by atoms with Crippen LogP contribution >= 0.6 is 11.6 Å². The van der Waals surface area contributed by atoms with E-state index < -0.39 is 15.9 Å². The molecule has 0 saturated heterocycles. The molecule has 0 aliphatic heterocycles. The Labute approximate surface area is 182 Å². The number of carbonyl (C=O) groups is 1. The summed E-state index contributed by atoms with van der Waals surface area (Å²) in [6, 6.07) is 22.6. The lowest BCUT2D eigenvalue weighted by Gasteiger charge is -2.22. The molecule has 3 aromatic rings. The monoisotopic (exact) mass is 442 g/mol. The molecule has 0 radical (unpaired) electrons. The second kappa shape index (κ2) is 9.89. The minimum absolute atomic E-state index is 0.0780. The minimum Gasteiger partial charge on any atom is -0.325 e. The van der Waals surface area contributed by atoms with Crippen molar-refractivity contribution in [1.29, 1.82) is 0 Å². The molecule has 0 spiro atoms. The van der Waals surface area contributed by atoms with Gasteiger partial charge in [-0.3, -0.25) is 4.79 Å². The average Bonchev–Trinajstić information content (AvgIpc) is 2.74. The number of aryl methyl sites for hydroxylation is 1. The Bertz CT molecular complexity index is 1100. The van der Waals surface area contributed by atoms with Gasteiger partial charge in [0.25, 0.3) is 0 Å². The van der Waals surface area contributed by atoms with E-state index in [1.807, 2.05) is 61.5 Å². The second-order valence-corrected chi connectivity index (χ2v) is 9.15. The molecule has 0 unspecified atom stereocenters. The molecule has 0 saturated carbocycles. The van der Waals surface area contributed by atoms with E-state index in [9.17, 15) is 13.2 Å². The highest BCUT2D eigenvalue weighted by atomic mass is 35.5. The van der Waals surface area contributed by atoms with E-state index in [0.29, 0.717) is 10.7 Å². The van der Waals surface area contributed by atoms with Gasteiger partial charge in [-0.25, -0.2) is 8.42 Å². The summed E-state index contributed by atoms with van der Waals surface area (Å²) in [7, 11) is -3.91. The Morgan fingerprint density at radius 1 is 0.933 bits per heavy atom. The van der Waals surface area contributed by atoms with Gasteiger partial charge in [0.1, 0.15) is 0 Å². The predicted octanol–water partition coefficient (Wildman–Crippen LogP) is 4.73. The maximum atomic E-state index is 13.3. The third-order valence-corrected chi connectivity index (χ3v) is 6.70. The molecule has 3 aromatic carbocycles. The first kappa shape index (κ1) is 22.0. The van der Waals surface area contributed by atoms with Crippen LogP contribution in [0, 0.1) is 0 Å². The summed E-state index contributed by atoms with van der Waals surface area (Å²) in [5.41, 5.74) is 2.46. The number of benzene rings is 3. The van der Waals surface area contributed by atoms with Gasteiger partial charge in [0.05, 0.1) is 11.4 Å². The zero-order valence-electron chi connectivity index (χ0n) is 16.6. The van der Waals surface area contributed by atoms with E-state index in [2.05, 4.69) is 5.32 Å². The molecule has 156 valence electrons. The molecule has 0 heterocycles. The summed E-state index contributed by atoms with van der Waals surface area (Å²) in [6.07, 6.45) is 0.757. The van der Waals surface area contributed by atoms with Crippen molar-refractivity contribution in [3.05, 3.63) is 95.0 Å². The normalized spacial score (nSPS) is 11.4. The van der Waals surface area contributed by atoms with Crippen LogP contribution in [0.2, 0.25) is 5.02 Å². The fraction of sp³-hybridized carbons (Fsp3) is 0.174. The highest BCUT2D eigenvalue weighted by Gasteiger charge is 2.27. The third-order valence-electron chi connectivity index (χ3n) is 4.65. The number of hydrogen-bond acceptors (Lipinski definition) is 3. The molecule has 0 aliphatic carbocycles. The number of anilines is 1. The second-order valence-electron chi connectivity index (χ2n) is 6.77. The van der Waals surface area contributed by atoms with Crippen LogP contribution in [0.3, 0.4) is 0 Å². The van der Waals surface area contributed by atoms with Gasteiger partial charge < -0.3 is 5.32 Å². The van der Waals surface area contributed by atoms with Gasteiger partial charge in [0.2, 0.25) is 15.9 Å². The summed E-state index contributed by atoms with van der Waals surface area (Å²) >= 11 is 5.90. The number of halogens is 1. The number of carbonyl (C=O) groups excluding carboxylic acids is 1. The summed E-state index contributed by atoms with van der Waals surface area (Å²) in [4.78, 5) is 12.9. The summed E-state index contributed by atoms with van der Waals surface area (Å²) in [5, 5.41) is 3.29. The minimum atomic E-state index is -3.91. The Morgan fingerprint density at radius 3 is 2.23 bits per heavy atom. The van der Waals surface area contributed by atoms with Gasteiger partial charge in [-0.15, -0.1) is 0 Å². The number of nitrogens with zero attached hydrogens (tertiary/aromatic N) is 1. The zero-order valence-corrected chi connectivity index (χ0v) is 18.2. The lowest BCUT2D eigenvalue weighted by Crippen LogP contribution is -2.37. The van der Waals surface area contributed by atoms with Crippen molar-refractivity contribution < 1.29 is 13.2 Å². The molecule has 0 atom stereocenters. The van der Waals surface area contributed by atoms with Crippen molar-refractivity contribution in [2.24, 2.45) is 0 Å². The van der Waals surface area contributed by atoms with Crippen molar-refractivity contribution in [2.45, 2.75) is 24.8 Å². The Morgan fingerprint density at radius 2 is 1.57 bits per heavy atom. The zero-order chi connectivity index (χ0) is 21.6. The first-order valence-corrected chi connectivity index (χ1v) is 11.4. The van der Waals surface area contributed by atoms with Gasteiger partial charge >= 0.3 is 0 Å². The molecule has 0 bridgehead atoms. The van der Waals surface area contributed by atoms with Gasteiger partial charge in [0, 0.05) is 17.3 Å². The lowest BCUT2D eigenvalue weighted by molar-refractivity contribution is -0.116. The Hall–Kier alpha value is -2.67. The van der Waals surface area contributed by atoms with Crippen molar-refractivity contribution in [3.8, 4) is 0 Å². The van der Waals surface area contributed by atoms with Crippen LogP contribution in [0.15, 0.2) is 83.8 Å². The number of para-hydroxylation sites is 1. The van der Waals surface area contributed by atoms with Crippen LogP contribution in [-0.4, -0.2) is 25.2 Å². The van der Waals surface area contributed by atoms with Crippen LogP contribution in [0.25, 0.3) is 0 Å². The Kier molecular flexibility index (Phi) is 7.26. The number of nitrogens with one attached hydrogen (secondary N) is 1. The van der Waals surface area contributed by atoms with Crippen LogP contribution in [0.1, 0.15) is 18.1 Å². The number of hydrogen-bond donors (Lipinski definition) is 1. The maximum Gasteiger partial charge on any atom is 0.243 e. The molecule has 0 aromatic heterocycles. The van der Waals surface area contributed by atoms with E-state index in [4.69, 9.17) is 11.6 Å². The summed E-state index contributed by atoms with van der Waals surface area (Å²) < 4.78 is 27.7. The summed E-state index contributed by atoms with van der Waals surface area (Å²) in [6.45, 7) is 1.77. The van der Waals surface area contributed by atoms with Crippen molar-refractivity contribution in [3.63, 3.8) is 0 Å². The first-order valence-electron chi connectivity index (χ1n) is 9.57. The standard InChI is InChI=1S/C23H23ClN2O3S/c1-2-19-10-6-7-11-22(19)25-23(27)17-26(16-18-8-4-3-5-9-18)30(28,29)21-14-12-20(24)13-15-21/h3-15H,2,16-17H2,1H3,(H,25,27). The van der Waals surface area contributed by atoms with Gasteiger partial charge in [-0.1, -0.05) is 67.1 Å². The molecular formula is C23H23ClN2O3S. The predicted molar refractivity (Wildman–Crippen MR) is 120 cm³/mol. The number of amides is 1. The topological polar surface area (TPSA) is 66.5 Å². The third kappa shape index (κ3) is 5.48. The van der Waals surface area contributed by atoms with E-state index in [1.165, 1.54) is 28.6 Å². The molecule has 1 amide bonds. The molecule has 0 fully saturated rings. The van der Waals surface area contributed by atoms with Crippen molar-refractivity contribution in [2.75, 3.05) is 11.9 Å². The lowest BCUT2D eigenvalue weighted by atomic mass is 10.1. The van der Waals surface area contributed by atoms with Crippen LogP contribution in [-0.2, 0) is 27.8 Å². The first-order chi connectivity index (χ1) is 14.4. The highest BCUT2D eigenvalue weighted by Crippen LogP contribution is 2.21. The fourth-order valence-electron chi connectivity index (χ4n) is 3.07. The molecule has 1 N–H and O–H groups in total. The summed E-state index contributed by atoms with van der Waals surface area (Å²) in [5.74, 6) is -0.399. The van der Waals surface area contributed by atoms with Gasteiger partial charge in [-0.2, -0.15) is 4.31 Å². The number of rotatable bonds is 8. The van der Waals surface area contributed by atoms with E-state index >= 15 is 0 Å². The van der Waals surface area contributed by atoms with Crippen molar-refractivity contribution >= 4 is 33.2 Å². The quantitative estimate of drug-likeness (QED) is 0.548. The van der Waals surface area contributed by atoms with E-state index in [0.717, 1.165) is 17.5 Å². The van der Waals surface area contributed by atoms with Crippen LogP contribution in [0.4, 0.5) is 5.69 Å². The molecule has 7 heteroatoms. The molecular weight excluding hydrogens is 420 g/mol.